The highest BCUT2D eigenvalue weighted by molar-refractivity contribution is 6.01. The Hall–Kier alpha value is -3.59. The van der Waals surface area contributed by atoms with E-state index in [4.69, 9.17) is 9.47 Å². The van der Waals surface area contributed by atoms with Crippen LogP contribution in [0.3, 0.4) is 0 Å². The molecule has 0 fully saturated rings. The lowest BCUT2D eigenvalue weighted by Gasteiger charge is -2.36. The highest BCUT2D eigenvalue weighted by Crippen LogP contribution is 2.27. The Morgan fingerprint density at radius 2 is 1.75 bits per heavy atom. The molecule has 3 atom stereocenters. The molecule has 1 aliphatic heterocycles. The molecule has 0 unspecified atom stereocenters. The van der Waals surface area contributed by atoms with Crippen molar-refractivity contribution >= 4 is 29.2 Å². The summed E-state index contributed by atoms with van der Waals surface area (Å²) >= 11 is 0. The fraction of sp³-hybridized carbons (Fsp3) is 0.444. The highest BCUT2D eigenvalue weighted by atomic mass is 16.5. The molecule has 2 aromatic rings. The van der Waals surface area contributed by atoms with Gasteiger partial charge in [0.1, 0.15) is 12.4 Å². The van der Waals surface area contributed by atoms with Gasteiger partial charge in [-0.1, -0.05) is 32.0 Å². The summed E-state index contributed by atoms with van der Waals surface area (Å²) < 4.78 is 11.8. The number of para-hydroxylation sites is 1. The molecule has 9 nitrogen and oxygen atoms in total. The van der Waals surface area contributed by atoms with Gasteiger partial charge in [-0.25, -0.2) is 4.79 Å². The topological polar surface area (TPSA) is 100 Å². The third-order valence-corrected chi connectivity index (χ3v) is 6.36. The molecule has 0 saturated heterocycles. The minimum atomic E-state index is -0.414. The summed E-state index contributed by atoms with van der Waals surface area (Å²) in [6, 6.07) is 13.4. The first-order valence-electron chi connectivity index (χ1n) is 12.2. The molecule has 0 aromatic heterocycles. The number of hydrogen-bond acceptors (Lipinski definition) is 5. The second-order valence-electron chi connectivity index (χ2n) is 9.15. The van der Waals surface area contributed by atoms with Crippen LogP contribution >= 0.6 is 0 Å². The molecule has 1 aliphatic rings. The number of likely N-dealkylation sites (N-methyl/N-ethyl adjacent to an activating group) is 1. The Labute approximate surface area is 212 Å². The van der Waals surface area contributed by atoms with E-state index < -0.39 is 6.03 Å². The van der Waals surface area contributed by atoms with Gasteiger partial charge in [-0.05, 0) is 31.2 Å². The first-order chi connectivity index (χ1) is 17.2. The number of carbonyl (C=O) groups is 3. The molecule has 0 aliphatic carbocycles. The Morgan fingerprint density at radius 1 is 1.06 bits per heavy atom. The van der Waals surface area contributed by atoms with Gasteiger partial charge in [0.2, 0.25) is 5.91 Å². The van der Waals surface area contributed by atoms with Crippen LogP contribution in [0.2, 0.25) is 0 Å². The van der Waals surface area contributed by atoms with Gasteiger partial charge >= 0.3 is 6.03 Å². The average Bonchev–Trinajstić information content (AvgIpc) is 2.87. The highest BCUT2D eigenvalue weighted by Gasteiger charge is 2.29. The summed E-state index contributed by atoms with van der Waals surface area (Å²) in [5.74, 6) is 0.163. The summed E-state index contributed by atoms with van der Waals surface area (Å²) in [4.78, 5) is 41.9. The maximum Gasteiger partial charge on any atom is 0.323 e. The number of nitrogens with one attached hydrogen (secondary N) is 2. The molecule has 0 radical (unpaired) electrons. The van der Waals surface area contributed by atoms with Gasteiger partial charge in [0.25, 0.3) is 5.91 Å². The number of nitrogens with zero attached hydrogens (tertiary/aromatic N) is 2. The summed E-state index contributed by atoms with van der Waals surface area (Å²) in [5.41, 5.74) is 1.50. The number of benzene rings is 2. The Kier molecular flexibility index (Phi) is 9.30. The molecule has 0 bridgehead atoms. The van der Waals surface area contributed by atoms with Gasteiger partial charge in [-0.15, -0.1) is 0 Å². The van der Waals surface area contributed by atoms with Crippen LogP contribution in [-0.2, 0) is 9.53 Å². The average molecular weight is 497 g/mol. The number of urea groups is 1. The number of amides is 4. The minimum Gasteiger partial charge on any atom is -0.491 e. The van der Waals surface area contributed by atoms with Gasteiger partial charge in [0, 0.05) is 57.0 Å². The zero-order valence-electron chi connectivity index (χ0n) is 21.6. The van der Waals surface area contributed by atoms with E-state index >= 15 is 0 Å². The zero-order chi connectivity index (χ0) is 26.2. The largest absolute Gasteiger partial charge is 0.491 e. The van der Waals surface area contributed by atoms with Crippen LogP contribution in [0.1, 0.15) is 37.6 Å². The molecular formula is C27H36N4O5. The van der Waals surface area contributed by atoms with Crippen LogP contribution in [0.5, 0.6) is 5.75 Å². The molecule has 3 rings (SSSR count). The maximum absolute atomic E-state index is 13.3. The van der Waals surface area contributed by atoms with E-state index in [9.17, 15) is 14.4 Å². The lowest BCUT2D eigenvalue weighted by molar-refractivity contribution is -0.135. The fourth-order valence-corrected chi connectivity index (χ4v) is 4.22. The third kappa shape index (κ3) is 6.75. The number of methoxy groups -OCH3 is 1. The van der Waals surface area contributed by atoms with Crippen LogP contribution in [0.15, 0.2) is 48.5 Å². The SMILES string of the molecule is CCC(=O)N1C[C@H](C)[C@H](OC)CN(C)C(=O)c2ccc(NC(=O)Nc3ccccc3)cc2OC[C@H]1C. The van der Waals surface area contributed by atoms with Crippen molar-refractivity contribution < 1.29 is 23.9 Å². The van der Waals surface area contributed by atoms with Crippen LogP contribution in [0.4, 0.5) is 16.2 Å². The van der Waals surface area contributed by atoms with Gasteiger partial charge in [-0.3, -0.25) is 9.59 Å². The zero-order valence-corrected chi connectivity index (χ0v) is 21.6. The van der Waals surface area contributed by atoms with Gasteiger partial charge < -0.3 is 29.9 Å². The first-order valence-corrected chi connectivity index (χ1v) is 12.2. The Bertz CT molecular complexity index is 1060. The van der Waals surface area contributed by atoms with Crippen LogP contribution < -0.4 is 15.4 Å². The summed E-state index contributed by atoms with van der Waals surface area (Å²) in [6.45, 7) is 6.83. The Balaban J connectivity index is 1.89. The molecule has 2 N–H and O–H groups in total. The van der Waals surface area contributed by atoms with Crippen LogP contribution in [-0.4, -0.2) is 73.6 Å². The molecule has 9 heteroatoms. The molecule has 1 heterocycles. The molecule has 0 spiro atoms. The standard InChI is InChI=1S/C27H36N4O5/c1-6-25(32)31-15-18(2)24(35-5)16-30(4)26(33)22-13-12-21(14-23(22)36-17-19(31)3)29-27(34)28-20-10-8-7-9-11-20/h7-14,18-19,24H,6,15-17H2,1-5H3,(H2,28,29,34)/t18-,19+,24+/m0/s1. The van der Waals surface area contributed by atoms with Crippen molar-refractivity contribution in [2.45, 2.75) is 39.3 Å². The van der Waals surface area contributed by atoms with E-state index in [1.165, 1.54) is 0 Å². The van der Waals surface area contributed by atoms with E-state index in [1.807, 2.05) is 43.9 Å². The van der Waals surface area contributed by atoms with E-state index in [-0.39, 0.29) is 36.5 Å². The van der Waals surface area contributed by atoms with Gasteiger partial charge in [0.05, 0.1) is 17.7 Å². The first kappa shape index (κ1) is 27.0. The number of carbonyl (C=O) groups excluding carboxylic acids is 3. The smallest absolute Gasteiger partial charge is 0.323 e. The van der Waals surface area contributed by atoms with Crippen molar-refractivity contribution in [3.05, 3.63) is 54.1 Å². The van der Waals surface area contributed by atoms with E-state index in [1.54, 1.807) is 49.4 Å². The van der Waals surface area contributed by atoms with E-state index in [2.05, 4.69) is 10.6 Å². The van der Waals surface area contributed by atoms with Crippen molar-refractivity contribution in [1.29, 1.82) is 0 Å². The molecule has 194 valence electrons. The van der Waals surface area contributed by atoms with E-state index in [0.29, 0.717) is 42.2 Å². The summed E-state index contributed by atoms with van der Waals surface area (Å²) in [7, 11) is 3.34. The number of hydrogen-bond donors (Lipinski definition) is 2. The molecule has 2 aromatic carbocycles. The van der Waals surface area contributed by atoms with Crippen molar-refractivity contribution in [2.24, 2.45) is 5.92 Å². The van der Waals surface area contributed by atoms with Crippen molar-refractivity contribution in [3.8, 4) is 5.75 Å². The monoisotopic (exact) mass is 496 g/mol. The predicted molar refractivity (Wildman–Crippen MR) is 139 cm³/mol. The van der Waals surface area contributed by atoms with Gasteiger partial charge in [-0.2, -0.15) is 0 Å². The molecule has 4 amide bonds. The molecular weight excluding hydrogens is 460 g/mol. The second-order valence-corrected chi connectivity index (χ2v) is 9.15. The summed E-state index contributed by atoms with van der Waals surface area (Å²) in [5, 5.41) is 5.55. The fourth-order valence-electron chi connectivity index (χ4n) is 4.22. The molecule has 36 heavy (non-hydrogen) atoms. The van der Waals surface area contributed by atoms with Crippen molar-refractivity contribution in [1.82, 2.24) is 9.80 Å². The number of rotatable bonds is 4. The van der Waals surface area contributed by atoms with Crippen LogP contribution in [0, 0.1) is 5.92 Å². The number of fused-ring (bicyclic) bond motifs is 1. The van der Waals surface area contributed by atoms with Crippen LogP contribution in [0.25, 0.3) is 0 Å². The third-order valence-electron chi connectivity index (χ3n) is 6.36. The van der Waals surface area contributed by atoms with E-state index in [0.717, 1.165) is 0 Å². The maximum atomic E-state index is 13.3. The lowest BCUT2D eigenvalue weighted by atomic mass is 10.0. The lowest BCUT2D eigenvalue weighted by Crippen LogP contribution is -2.48. The van der Waals surface area contributed by atoms with Crippen molar-refractivity contribution in [3.63, 3.8) is 0 Å². The van der Waals surface area contributed by atoms with Crippen molar-refractivity contribution in [2.75, 3.05) is 44.5 Å². The normalized spacial score (nSPS) is 20.9. The number of anilines is 2. The Morgan fingerprint density at radius 3 is 2.42 bits per heavy atom. The predicted octanol–water partition coefficient (Wildman–Crippen LogP) is 4.07. The van der Waals surface area contributed by atoms with Gasteiger partial charge in [0.15, 0.2) is 0 Å². The minimum absolute atomic E-state index is 0.0109. The summed E-state index contributed by atoms with van der Waals surface area (Å²) in [6.07, 6.45) is 0.138. The quantitative estimate of drug-likeness (QED) is 0.665. The molecule has 0 saturated carbocycles. The second kappa shape index (κ2) is 12.4. The number of ether oxygens (including phenoxy) is 2.